The third kappa shape index (κ3) is 7.97. The first kappa shape index (κ1) is 52.5. The van der Waals surface area contributed by atoms with Crippen molar-refractivity contribution in [3.8, 4) is 33.4 Å². The summed E-state index contributed by atoms with van der Waals surface area (Å²) in [6.45, 7) is 29.2. The topological polar surface area (TPSA) is 9.72 Å². The maximum Gasteiger partial charge on any atom is 0.252 e. The maximum atomic E-state index is 2.83. The second kappa shape index (κ2) is 18.5. The minimum atomic E-state index is -0.170. The molecule has 0 N–H and O–H groups in total. The first-order chi connectivity index (χ1) is 39.2. The van der Waals surface area contributed by atoms with Crippen molar-refractivity contribution in [3.05, 3.63) is 222 Å². The molecule has 82 heavy (non-hydrogen) atoms. The highest BCUT2D eigenvalue weighted by Crippen LogP contribution is 2.62. The molecule has 0 spiro atoms. The molecule has 5 aliphatic rings. The zero-order valence-electron chi connectivity index (χ0n) is 50.6. The fraction of sp³-hybridized carbons (Fsp3) is 0.308. The van der Waals surface area contributed by atoms with Crippen molar-refractivity contribution in [1.82, 2.24) is 0 Å². The predicted molar refractivity (Wildman–Crippen MR) is 352 cm³/mol. The summed E-state index contributed by atoms with van der Waals surface area (Å²) in [7, 11) is 0. The molecule has 0 bridgehead atoms. The van der Waals surface area contributed by atoms with Gasteiger partial charge in [-0.2, -0.15) is 0 Å². The summed E-state index contributed by atoms with van der Waals surface area (Å²) in [5.74, 6) is 0. The van der Waals surface area contributed by atoms with Gasteiger partial charge in [-0.3, -0.25) is 0 Å². The summed E-state index contributed by atoms with van der Waals surface area (Å²) in [6, 6.07) is 75.9. The normalized spacial score (nSPS) is 20.1. The molecule has 0 aromatic heterocycles. The van der Waals surface area contributed by atoms with E-state index in [2.05, 4.69) is 292 Å². The smallest absolute Gasteiger partial charge is 0.252 e. The van der Waals surface area contributed by atoms with Gasteiger partial charge in [0.15, 0.2) is 0 Å². The van der Waals surface area contributed by atoms with Crippen molar-refractivity contribution in [3.63, 3.8) is 0 Å². The lowest BCUT2D eigenvalue weighted by atomic mass is 9.33. The lowest BCUT2D eigenvalue weighted by molar-refractivity contribution is 0.195. The fourth-order valence-corrected chi connectivity index (χ4v) is 15.7. The molecule has 9 aromatic rings. The van der Waals surface area contributed by atoms with Crippen LogP contribution in [0.15, 0.2) is 194 Å². The SMILES string of the molecule is CC(C)(C)c1ccc(N2c3ccc(-c4ccccc4)cc3B3c4cc5c(cc4N(c4ccc(C(C)(C)C)cc4-c4ccccc4)c4cc(N6c7ccccc7C7(C)CCCCC67C)cc2c43)C(C)(C)CCC5(C)C)c(-c2ccccc2)c1. The number of hydrogen-bond donors (Lipinski definition) is 0. The summed E-state index contributed by atoms with van der Waals surface area (Å²) in [4.78, 5) is 8.29. The van der Waals surface area contributed by atoms with Crippen molar-refractivity contribution >= 4 is 68.6 Å². The summed E-state index contributed by atoms with van der Waals surface area (Å²) < 4.78 is 0. The third-order valence-corrected chi connectivity index (χ3v) is 20.8. The van der Waals surface area contributed by atoms with Gasteiger partial charge in [0.1, 0.15) is 0 Å². The van der Waals surface area contributed by atoms with E-state index in [1.54, 1.807) is 0 Å². The average Bonchev–Trinajstić information content (AvgIpc) is 2.30. The van der Waals surface area contributed by atoms with Crippen LogP contribution in [0.3, 0.4) is 0 Å². The van der Waals surface area contributed by atoms with Crippen LogP contribution in [0, 0.1) is 0 Å². The van der Waals surface area contributed by atoms with E-state index >= 15 is 0 Å². The molecule has 2 unspecified atom stereocenters. The Balaban J connectivity index is 1.17. The van der Waals surface area contributed by atoms with Crippen LogP contribution in [-0.2, 0) is 27.1 Å². The Labute approximate surface area is 490 Å². The summed E-state index contributed by atoms with van der Waals surface area (Å²) in [6.07, 6.45) is 7.00. The molecule has 0 radical (unpaired) electrons. The first-order valence-electron chi connectivity index (χ1n) is 30.6. The predicted octanol–water partition coefficient (Wildman–Crippen LogP) is 19.5. The minimum Gasteiger partial charge on any atom is -0.334 e. The van der Waals surface area contributed by atoms with Crippen LogP contribution >= 0.6 is 0 Å². The van der Waals surface area contributed by atoms with Gasteiger partial charge in [0.2, 0.25) is 0 Å². The molecule has 410 valence electrons. The molecule has 3 heterocycles. The number of anilines is 8. The second-order valence-corrected chi connectivity index (χ2v) is 28.7. The van der Waals surface area contributed by atoms with Crippen molar-refractivity contribution in [2.24, 2.45) is 0 Å². The van der Waals surface area contributed by atoms with E-state index in [9.17, 15) is 0 Å². The summed E-state index contributed by atoms with van der Waals surface area (Å²) in [5.41, 5.74) is 28.1. The van der Waals surface area contributed by atoms with Crippen LogP contribution in [0.5, 0.6) is 0 Å². The monoisotopic (exact) mass is 1070 g/mol. The van der Waals surface area contributed by atoms with Crippen LogP contribution in [0.25, 0.3) is 33.4 Å². The highest BCUT2D eigenvalue weighted by Gasteiger charge is 2.58. The van der Waals surface area contributed by atoms with E-state index in [0.29, 0.717) is 0 Å². The standard InChI is InChI=1S/C78H80BN3/c1-73(2,3)55-35-38-65(58(45-55)52-28-18-14-19-29-52)80-68-37-34-54(51-26-16-13-17-27-51)44-63(68)79-64-49-61-62(76(9,10)43-42-75(61,7)8)50-69(64)81(66-39-36-56(74(4,5)6)46-59(66)53-30-20-15-21-31-53)71-48-57(47-70(80)72(71)79)82-67-33-23-22-32-60(67)77(11)40-24-25-41-78(77,82)12/h13-23,26-39,44-50H,24-25,40-43H2,1-12H3. The molecule has 2 atom stereocenters. The highest BCUT2D eigenvalue weighted by molar-refractivity contribution is 7.00. The van der Waals surface area contributed by atoms with Crippen LogP contribution in [-0.4, -0.2) is 12.3 Å². The van der Waals surface area contributed by atoms with Crippen molar-refractivity contribution in [2.45, 2.75) is 154 Å². The van der Waals surface area contributed by atoms with Crippen molar-refractivity contribution in [1.29, 1.82) is 0 Å². The Morgan fingerprint density at radius 1 is 0.366 bits per heavy atom. The molecular weight excluding hydrogens is 990 g/mol. The summed E-state index contributed by atoms with van der Waals surface area (Å²) in [5, 5.41) is 0. The van der Waals surface area contributed by atoms with E-state index in [0.717, 1.165) is 25.7 Å². The molecule has 0 amide bonds. The molecule has 0 saturated heterocycles. The van der Waals surface area contributed by atoms with Gasteiger partial charge >= 0.3 is 0 Å². The Morgan fingerprint density at radius 3 is 1.40 bits per heavy atom. The number of fused-ring (bicyclic) bond motifs is 8. The lowest BCUT2D eigenvalue weighted by Crippen LogP contribution is -2.62. The zero-order chi connectivity index (χ0) is 56.9. The number of nitrogens with zero attached hydrogens (tertiary/aromatic N) is 3. The highest BCUT2D eigenvalue weighted by atomic mass is 15.3. The van der Waals surface area contributed by atoms with Crippen molar-refractivity contribution < 1.29 is 0 Å². The quantitative estimate of drug-likeness (QED) is 0.154. The molecule has 1 fully saturated rings. The van der Waals surface area contributed by atoms with Crippen molar-refractivity contribution in [2.75, 3.05) is 14.7 Å². The van der Waals surface area contributed by atoms with Gasteiger partial charge in [-0.25, -0.2) is 0 Å². The van der Waals surface area contributed by atoms with Gasteiger partial charge in [-0.05, 0) is 175 Å². The zero-order valence-corrected chi connectivity index (χ0v) is 50.6. The van der Waals surface area contributed by atoms with E-state index in [-0.39, 0.29) is 39.3 Å². The van der Waals surface area contributed by atoms with Gasteiger partial charge in [0.05, 0.1) is 16.9 Å². The van der Waals surface area contributed by atoms with Crippen LogP contribution in [0.4, 0.5) is 45.5 Å². The average molecular weight is 1070 g/mol. The van der Waals surface area contributed by atoms with Gasteiger partial charge in [0.25, 0.3) is 6.71 Å². The number of para-hydroxylation sites is 1. The van der Waals surface area contributed by atoms with Crippen LogP contribution < -0.4 is 31.1 Å². The Bertz CT molecular complexity index is 4010. The van der Waals surface area contributed by atoms with Gasteiger partial charge in [-0.1, -0.05) is 229 Å². The molecular formula is C78H80BN3. The molecule has 3 aliphatic heterocycles. The maximum absolute atomic E-state index is 2.83. The van der Waals surface area contributed by atoms with Crippen LogP contribution in [0.2, 0.25) is 0 Å². The molecule has 2 aliphatic carbocycles. The van der Waals surface area contributed by atoms with Gasteiger partial charge in [-0.15, -0.1) is 0 Å². The summed E-state index contributed by atoms with van der Waals surface area (Å²) >= 11 is 0. The molecule has 14 rings (SSSR count). The lowest BCUT2D eigenvalue weighted by Gasteiger charge is -2.51. The van der Waals surface area contributed by atoms with Gasteiger partial charge < -0.3 is 14.7 Å². The first-order valence-corrected chi connectivity index (χ1v) is 30.6. The Hall–Kier alpha value is -7.56. The number of benzene rings is 9. The third-order valence-electron chi connectivity index (χ3n) is 20.8. The second-order valence-electron chi connectivity index (χ2n) is 28.7. The van der Waals surface area contributed by atoms with E-state index in [4.69, 9.17) is 0 Å². The molecule has 4 heteroatoms. The van der Waals surface area contributed by atoms with Crippen LogP contribution in [0.1, 0.15) is 149 Å². The van der Waals surface area contributed by atoms with E-state index in [1.165, 1.54) is 136 Å². The Morgan fingerprint density at radius 2 is 0.841 bits per heavy atom. The molecule has 9 aromatic carbocycles. The minimum absolute atomic E-state index is 0.0126. The van der Waals surface area contributed by atoms with E-state index < -0.39 is 0 Å². The fourth-order valence-electron chi connectivity index (χ4n) is 15.7. The number of rotatable bonds is 6. The van der Waals surface area contributed by atoms with Gasteiger partial charge in [0, 0.05) is 50.7 Å². The molecule has 1 saturated carbocycles. The number of hydrogen-bond acceptors (Lipinski definition) is 3. The van der Waals surface area contributed by atoms with E-state index in [1.807, 2.05) is 0 Å². The molecule has 3 nitrogen and oxygen atoms in total. The Kier molecular flexibility index (Phi) is 11.8. The largest absolute Gasteiger partial charge is 0.334 e.